The number of hydrogen-bond donors (Lipinski definition) is 1. The molecule has 0 aromatic heterocycles. The third kappa shape index (κ3) is 16.4. The first-order valence-electron chi connectivity index (χ1n) is 11.5. The monoisotopic (exact) mass is 445 g/mol. The fraction of sp³-hybridized carbons (Fsp3) is 0.667. The molecule has 0 saturated heterocycles. The Morgan fingerprint density at radius 2 is 1.23 bits per heavy atom. The minimum atomic E-state index is -4.35. The van der Waals surface area contributed by atoms with Gasteiger partial charge in [-0.1, -0.05) is 76.9 Å². The second kappa shape index (κ2) is 19.4. The van der Waals surface area contributed by atoms with Gasteiger partial charge < -0.3 is 9.87 Å². The van der Waals surface area contributed by atoms with Crippen molar-refractivity contribution in [1.29, 1.82) is 0 Å². The van der Waals surface area contributed by atoms with Crippen LogP contribution >= 0.6 is 0 Å². The van der Waals surface area contributed by atoms with E-state index in [1.54, 1.807) is 12.1 Å². The van der Waals surface area contributed by atoms with E-state index < -0.39 is 10.1 Å². The molecule has 30 heavy (non-hydrogen) atoms. The van der Waals surface area contributed by atoms with Gasteiger partial charge in [0.05, 0.1) is 4.90 Å². The van der Waals surface area contributed by atoms with Crippen molar-refractivity contribution in [1.82, 2.24) is 0 Å². The maximum absolute atomic E-state index is 10.9. The Balaban J connectivity index is 0.00000841. The molecule has 0 aliphatic carbocycles. The van der Waals surface area contributed by atoms with E-state index in [1.165, 1.54) is 95.6 Å². The molecule has 1 aromatic carbocycles. The maximum Gasteiger partial charge on any atom is 1.00 e. The smallest absolute Gasteiger partial charge is 0.744 e. The van der Waals surface area contributed by atoms with Crippen LogP contribution in [-0.2, 0) is 10.1 Å². The topological polar surface area (TPSA) is 69.2 Å². The van der Waals surface area contributed by atoms with Crippen LogP contribution in [0.25, 0.3) is 0 Å². The number of unbranched alkanes of at least 4 members (excludes halogenated alkanes) is 12. The van der Waals surface area contributed by atoms with Crippen LogP contribution < -0.4 is 34.9 Å². The van der Waals surface area contributed by atoms with Gasteiger partial charge in [-0.05, 0) is 56.4 Å². The van der Waals surface area contributed by atoms with E-state index in [4.69, 9.17) is 0 Å². The van der Waals surface area contributed by atoms with Crippen LogP contribution in [0.15, 0.2) is 41.3 Å². The van der Waals surface area contributed by atoms with E-state index in [1.807, 2.05) is 0 Å². The standard InChI is InChI=1S/C24H41NO3S.Na/c1-2-3-4-5-6-7-8-9-10-11-12-13-14-15-16-17-22-25-23-18-20-24(21-19-23)29(26,27)28;/h9-10,18-21,25H,2-8,11-17,22H2,1H3,(H,26,27,28);/q;+1/p-1. The molecule has 1 aromatic rings. The Bertz CT molecular complexity index is 645. The van der Waals surface area contributed by atoms with Gasteiger partial charge >= 0.3 is 29.6 Å². The van der Waals surface area contributed by atoms with Crippen LogP contribution in [0.1, 0.15) is 96.8 Å². The fourth-order valence-electron chi connectivity index (χ4n) is 3.34. The third-order valence-corrected chi connectivity index (χ3v) is 6.01. The summed E-state index contributed by atoms with van der Waals surface area (Å²) in [6, 6.07) is 6.00. The average Bonchev–Trinajstić information content (AvgIpc) is 2.70. The van der Waals surface area contributed by atoms with E-state index in [9.17, 15) is 13.0 Å². The normalized spacial score (nSPS) is 11.5. The molecule has 4 nitrogen and oxygen atoms in total. The van der Waals surface area contributed by atoms with Crippen LogP contribution in [0.4, 0.5) is 5.69 Å². The zero-order valence-electron chi connectivity index (χ0n) is 19.2. The molecular weight excluding hydrogens is 405 g/mol. The zero-order chi connectivity index (χ0) is 21.2. The predicted molar refractivity (Wildman–Crippen MR) is 122 cm³/mol. The van der Waals surface area contributed by atoms with Crippen molar-refractivity contribution in [2.75, 3.05) is 11.9 Å². The molecule has 0 spiro atoms. The van der Waals surface area contributed by atoms with Gasteiger partial charge in [0.1, 0.15) is 10.1 Å². The molecule has 0 amide bonds. The van der Waals surface area contributed by atoms with Crippen molar-refractivity contribution in [2.24, 2.45) is 0 Å². The van der Waals surface area contributed by atoms with E-state index in [2.05, 4.69) is 24.4 Å². The SMILES string of the molecule is CCCCCCCCC=CCCCCCCCCNc1ccc(S(=O)(=O)[O-])cc1.[Na+]. The van der Waals surface area contributed by atoms with E-state index in [0.29, 0.717) is 0 Å². The molecule has 0 fully saturated rings. The Kier molecular flexibility index (Phi) is 19.1. The first kappa shape index (κ1) is 29.7. The molecule has 0 atom stereocenters. The summed E-state index contributed by atoms with van der Waals surface area (Å²) in [5, 5.41) is 3.27. The summed E-state index contributed by atoms with van der Waals surface area (Å²) in [6.07, 6.45) is 22.9. The number of nitrogens with one attached hydrogen (secondary N) is 1. The molecule has 1 rings (SSSR count). The molecule has 0 bridgehead atoms. The number of rotatable bonds is 18. The Labute approximate surface area is 207 Å². The van der Waals surface area contributed by atoms with Gasteiger partial charge in [-0.3, -0.25) is 0 Å². The molecular formula is C24H40NNaO3S. The minimum absolute atomic E-state index is 0. The van der Waals surface area contributed by atoms with Gasteiger partial charge in [-0.15, -0.1) is 0 Å². The molecule has 166 valence electrons. The quantitative estimate of drug-likeness (QED) is 0.160. The summed E-state index contributed by atoms with van der Waals surface area (Å²) in [4.78, 5) is -0.180. The number of benzene rings is 1. The van der Waals surface area contributed by atoms with Crippen LogP contribution in [0.2, 0.25) is 0 Å². The first-order valence-corrected chi connectivity index (χ1v) is 12.9. The predicted octanol–water partition coefficient (Wildman–Crippen LogP) is 4.04. The number of anilines is 1. The van der Waals surface area contributed by atoms with Gasteiger partial charge in [-0.25, -0.2) is 8.42 Å². The Hall–Kier alpha value is -0.330. The summed E-state index contributed by atoms with van der Waals surface area (Å²) >= 11 is 0. The molecule has 0 saturated carbocycles. The first-order chi connectivity index (χ1) is 14.0. The largest absolute Gasteiger partial charge is 1.00 e. The van der Waals surface area contributed by atoms with Crippen LogP contribution in [0.3, 0.4) is 0 Å². The van der Waals surface area contributed by atoms with Gasteiger partial charge in [0, 0.05) is 12.2 Å². The van der Waals surface area contributed by atoms with Crippen molar-refractivity contribution in [3.63, 3.8) is 0 Å². The van der Waals surface area contributed by atoms with Crippen molar-refractivity contribution in [2.45, 2.75) is 102 Å². The van der Waals surface area contributed by atoms with Crippen LogP contribution in [0.5, 0.6) is 0 Å². The van der Waals surface area contributed by atoms with E-state index in [-0.39, 0.29) is 34.5 Å². The molecule has 0 aliphatic rings. The second-order valence-electron chi connectivity index (χ2n) is 7.84. The molecule has 0 radical (unpaired) electrons. The summed E-state index contributed by atoms with van der Waals surface area (Å²) in [7, 11) is -4.35. The van der Waals surface area contributed by atoms with Crippen molar-refractivity contribution in [3.8, 4) is 0 Å². The summed E-state index contributed by atoms with van der Waals surface area (Å²) in [5.41, 5.74) is 0.852. The van der Waals surface area contributed by atoms with E-state index in [0.717, 1.165) is 18.7 Å². The number of allylic oxidation sites excluding steroid dienone is 2. The number of hydrogen-bond acceptors (Lipinski definition) is 4. The third-order valence-electron chi connectivity index (χ3n) is 5.16. The van der Waals surface area contributed by atoms with Crippen molar-refractivity contribution in [3.05, 3.63) is 36.4 Å². The summed E-state index contributed by atoms with van der Waals surface area (Å²) < 4.78 is 32.7. The van der Waals surface area contributed by atoms with E-state index >= 15 is 0 Å². The average molecular weight is 446 g/mol. The molecule has 0 aliphatic heterocycles. The van der Waals surface area contributed by atoms with Crippen LogP contribution in [-0.4, -0.2) is 19.5 Å². The second-order valence-corrected chi connectivity index (χ2v) is 9.22. The van der Waals surface area contributed by atoms with Gasteiger partial charge in [0.25, 0.3) is 0 Å². The molecule has 6 heteroatoms. The molecule has 0 unspecified atom stereocenters. The fourth-order valence-corrected chi connectivity index (χ4v) is 3.81. The Morgan fingerprint density at radius 1 is 0.767 bits per heavy atom. The van der Waals surface area contributed by atoms with Gasteiger partial charge in [0.15, 0.2) is 0 Å². The van der Waals surface area contributed by atoms with Gasteiger partial charge in [0.2, 0.25) is 0 Å². The molecule has 1 N–H and O–H groups in total. The minimum Gasteiger partial charge on any atom is -0.744 e. The summed E-state index contributed by atoms with van der Waals surface area (Å²) in [5.74, 6) is 0. The maximum atomic E-state index is 10.9. The zero-order valence-corrected chi connectivity index (χ0v) is 22.0. The van der Waals surface area contributed by atoms with Gasteiger partial charge in [-0.2, -0.15) is 0 Å². The summed E-state index contributed by atoms with van der Waals surface area (Å²) in [6.45, 7) is 3.13. The molecule has 0 heterocycles. The van der Waals surface area contributed by atoms with Crippen LogP contribution in [0, 0.1) is 0 Å². The van der Waals surface area contributed by atoms with Crippen molar-refractivity contribution >= 4 is 15.8 Å². The van der Waals surface area contributed by atoms with Crippen molar-refractivity contribution < 1.29 is 42.5 Å². The Morgan fingerprint density at radius 3 is 1.73 bits per heavy atom.